The quantitative estimate of drug-likeness (QED) is 0.695. The van der Waals surface area contributed by atoms with E-state index in [1.807, 2.05) is 0 Å². The van der Waals surface area contributed by atoms with E-state index in [0.29, 0.717) is 6.54 Å². The summed E-state index contributed by atoms with van der Waals surface area (Å²) in [4.78, 5) is 2.14. The van der Waals surface area contributed by atoms with Gasteiger partial charge >= 0.3 is 0 Å². The van der Waals surface area contributed by atoms with Gasteiger partial charge in [-0.3, -0.25) is 0 Å². The van der Waals surface area contributed by atoms with Gasteiger partial charge in [0.1, 0.15) is 0 Å². The topological polar surface area (TPSA) is 49.5 Å². The zero-order valence-electron chi connectivity index (χ0n) is 9.25. The minimum Gasteiger partial charge on any atom is -0.386 e. The number of alkyl halides is 2. The maximum Gasteiger partial charge on any atom is 0.251 e. The minimum atomic E-state index is -2.67. The molecule has 1 unspecified atom stereocenters. The Hall–Kier alpha value is -0.260. The van der Waals surface area contributed by atoms with Crippen LogP contribution in [0.1, 0.15) is 25.7 Å². The normalized spacial score (nSPS) is 48.8. The number of halogens is 2. The summed E-state index contributed by atoms with van der Waals surface area (Å²) in [5.41, 5.74) is 3.86. The van der Waals surface area contributed by atoms with Gasteiger partial charge in [0.25, 0.3) is 5.92 Å². The van der Waals surface area contributed by atoms with Crippen LogP contribution in [0, 0.1) is 5.92 Å². The van der Waals surface area contributed by atoms with Gasteiger partial charge in [0.2, 0.25) is 0 Å². The van der Waals surface area contributed by atoms with E-state index in [1.54, 1.807) is 0 Å². The van der Waals surface area contributed by atoms with Crippen molar-refractivity contribution in [3.05, 3.63) is 0 Å². The summed E-state index contributed by atoms with van der Waals surface area (Å²) in [6, 6.07) is 0. The molecule has 3 N–H and O–H groups in total. The Morgan fingerprint density at radius 3 is 2.12 bits per heavy atom. The Morgan fingerprint density at radius 2 is 1.75 bits per heavy atom. The number of aliphatic hydroxyl groups is 1. The zero-order chi connectivity index (χ0) is 11.6. The standard InChI is InChI=1S/C11H18F2N2O/c12-10(13)5-9(14,6-10)11(16)7-15-3-1-8(11)2-4-15/h8,16H,1-7,14H2. The fraction of sp³-hybridized carbons (Fsp3) is 1.00. The molecule has 0 aromatic rings. The second kappa shape index (κ2) is 2.94. The second-order valence-corrected chi connectivity index (χ2v) is 5.84. The molecule has 5 heteroatoms. The van der Waals surface area contributed by atoms with Crippen molar-refractivity contribution in [2.45, 2.75) is 42.7 Å². The van der Waals surface area contributed by atoms with Crippen molar-refractivity contribution in [3.63, 3.8) is 0 Å². The molecule has 16 heavy (non-hydrogen) atoms. The molecule has 0 spiro atoms. The highest BCUT2D eigenvalue weighted by atomic mass is 19.3. The number of hydrogen-bond donors (Lipinski definition) is 2. The van der Waals surface area contributed by atoms with Crippen molar-refractivity contribution in [3.8, 4) is 0 Å². The van der Waals surface area contributed by atoms with Gasteiger partial charge < -0.3 is 15.7 Å². The first-order valence-electron chi connectivity index (χ1n) is 5.96. The fourth-order valence-electron chi connectivity index (χ4n) is 3.78. The summed E-state index contributed by atoms with van der Waals surface area (Å²) in [5.74, 6) is -2.56. The minimum absolute atomic E-state index is 0.110. The van der Waals surface area contributed by atoms with Crippen molar-refractivity contribution in [1.29, 1.82) is 0 Å². The summed E-state index contributed by atoms with van der Waals surface area (Å²) in [5, 5.41) is 10.7. The molecule has 2 bridgehead atoms. The predicted molar refractivity (Wildman–Crippen MR) is 55.2 cm³/mol. The average Bonchev–Trinajstić information content (AvgIpc) is 2.15. The number of hydrogen-bond acceptors (Lipinski definition) is 3. The highest BCUT2D eigenvalue weighted by Gasteiger charge is 2.67. The molecule has 1 saturated carbocycles. The SMILES string of the molecule is NC1(C2(O)CN3CCC2CC3)CC(F)(F)C1. The molecule has 4 rings (SSSR count). The van der Waals surface area contributed by atoms with Gasteiger partial charge in [-0.05, 0) is 31.8 Å². The smallest absolute Gasteiger partial charge is 0.251 e. The summed E-state index contributed by atoms with van der Waals surface area (Å²) in [7, 11) is 0. The van der Waals surface area contributed by atoms with E-state index in [0.717, 1.165) is 25.9 Å². The van der Waals surface area contributed by atoms with E-state index in [9.17, 15) is 13.9 Å². The summed E-state index contributed by atoms with van der Waals surface area (Å²) < 4.78 is 26.0. The lowest BCUT2D eigenvalue weighted by Gasteiger charge is -2.62. The van der Waals surface area contributed by atoms with Crippen molar-refractivity contribution in [2.75, 3.05) is 19.6 Å². The Bertz CT molecular complexity index is 307. The second-order valence-electron chi connectivity index (χ2n) is 5.84. The average molecular weight is 232 g/mol. The van der Waals surface area contributed by atoms with E-state index in [2.05, 4.69) is 4.90 Å². The largest absolute Gasteiger partial charge is 0.386 e. The number of fused-ring (bicyclic) bond motifs is 3. The van der Waals surface area contributed by atoms with E-state index < -0.39 is 17.1 Å². The van der Waals surface area contributed by atoms with Crippen LogP contribution >= 0.6 is 0 Å². The van der Waals surface area contributed by atoms with Gasteiger partial charge in [-0.1, -0.05) is 0 Å². The summed E-state index contributed by atoms with van der Waals surface area (Å²) in [6.45, 7) is 2.42. The molecule has 1 aliphatic carbocycles. The lowest BCUT2D eigenvalue weighted by atomic mass is 9.56. The Kier molecular flexibility index (Phi) is 2.00. The lowest BCUT2D eigenvalue weighted by Crippen LogP contribution is -2.78. The molecule has 0 radical (unpaired) electrons. The van der Waals surface area contributed by atoms with Crippen LogP contribution in [0.15, 0.2) is 0 Å². The van der Waals surface area contributed by atoms with Crippen molar-refractivity contribution >= 4 is 0 Å². The maximum absolute atomic E-state index is 13.0. The van der Waals surface area contributed by atoms with Gasteiger partial charge in [0.05, 0.1) is 11.1 Å². The fourth-order valence-corrected chi connectivity index (χ4v) is 3.78. The molecule has 3 nitrogen and oxygen atoms in total. The Morgan fingerprint density at radius 1 is 1.19 bits per heavy atom. The monoisotopic (exact) mass is 232 g/mol. The highest BCUT2D eigenvalue weighted by molar-refractivity contribution is 5.20. The van der Waals surface area contributed by atoms with Gasteiger partial charge in [0.15, 0.2) is 0 Å². The zero-order valence-corrected chi connectivity index (χ0v) is 9.25. The van der Waals surface area contributed by atoms with Crippen LogP contribution < -0.4 is 5.73 Å². The van der Waals surface area contributed by atoms with Crippen molar-refractivity contribution < 1.29 is 13.9 Å². The first-order chi connectivity index (χ1) is 7.35. The van der Waals surface area contributed by atoms with Gasteiger partial charge in [0, 0.05) is 19.4 Å². The predicted octanol–water partition coefficient (Wildman–Crippen LogP) is 0.570. The van der Waals surface area contributed by atoms with Crippen LogP contribution in [-0.2, 0) is 0 Å². The third-order valence-corrected chi connectivity index (χ3v) is 4.74. The van der Waals surface area contributed by atoms with E-state index in [1.165, 1.54) is 0 Å². The van der Waals surface area contributed by atoms with E-state index in [-0.39, 0.29) is 18.8 Å². The van der Waals surface area contributed by atoms with Crippen molar-refractivity contribution in [1.82, 2.24) is 4.90 Å². The number of nitrogens with zero attached hydrogens (tertiary/aromatic N) is 1. The number of rotatable bonds is 1. The van der Waals surface area contributed by atoms with Crippen LogP contribution in [0.25, 0.3) is 0 Å². The molecule has 3 saturated heterocycles. The van der Waals surface area contributed by atoms with Crippen LogP contribution in [0.2, 0.25) is 0 Å². The van der Waals surface area contributed by atoms with Crippen LogP contribution in [0.4, 0.5) is 8.78 Å². The van der Waals surface area contributed by atoms with Crippen LogP contribution in [0.3, 0.4) is 0 Å². The van der Waals surface area contributed by atoms with Crippen molar-refractivity contribution in [2.24, 2.45) is 11.7 Å². The third-order valence-electron chi connectivity index (χ3n) is 4.74. The Balaban J connectivity index is 1.84. The Labute approximate surface area is 93.6 Å². The molecule has 0 amide bonds. The lowest BCUT2D eigenvalue weighted by molar-refractivity contribution is -0.234. The molecule has 1 atom stereocenters. The molecule has 92 valence electrons. The first-order valence-corrected chi connectivity index (χ1v) is 5.96. The molecular weight excluding hydrogens is 214 g/mol. The van der Waals surface area contributed by atoms with Gasteiger partial charge in [-0.2, -0.15) is 0 Å². The third kappa shape index (κ3) is 1.28. The van der Waals surface area contributed by atoms with E-state index >= 15 is 0 Å². The highest BCUT2D eigenvalue weighted by Crippen LogP contribution is 2.54. The molecule has 4 fully saturated rings. The summed E-state index contributed by atoms with van der Waals surface area (Å²) in [6.07, 6.45) is 1.06. The van der Waals surface area contributed by atoms with Crippen LogP contribution in [0.5, 0.6) is 0 Å². The summed E-state index contributed by atoms with van der Waals surface area (Å²) >= 11 is 0. The maximum atomic E-state index is 13.0. The molecule has 3 aliphatic heterocycles. The molecule has 4 aliphatic rings. The number of piperidine rings is 3. The molecule has 0 aromatic heterocycles. The van der Waals surface area contributed by atoms with E-state index in [4.69, 9.17) is 5.73 Å². The molecular formula is C11H18F2N2O. The van der Waals surface area contributed by atoms with Gasteiger partial charge in [-0.15, -0.1) is 0 Å². The first kappa shape index (κ1) is 10.9. The molecule has 3 heterocycles. The molecule has 0 aromatic carbocycles. The van der Waals surface area contributed by atoms with Gasteiger partial charge in [-0.25, -0.2) is 8.78 Å². The van der Waals surface area contributed by atoms with Crippen LogP contribution in [-0.4, -0.2) is 46.7 Å². The number of nitrogens with two attached hydrogens (primary N) is 1.